The highest BCUT2D eigenvalue weighted by Gasteiger charge is 2.34. The van der Waals surface area contributed by atoms with Gasteiger partial charge < -0.3 is 0 Å². The van der Waals surface area contributed by atoms with Gasteiger partial charge in [0.2, 0.25) is 0 Å². The number of hydrogen-bond acceptors (Lipinski definition) is 3. The summed E-state index contributed by atoms with van der Waals surface area (Å²) in [7, 11) is 0. The summed E-state index contributed by atoms with van der Waals surface area (Å²) in [5.74, 6) is 3.91. The Hall–Kier alpha value is -1.09. The molecule has 1 aromatic rings. The van der Waals surface area contributed by atoms with Crippen LogP contribution in [-0.4, -0.2) is 17.7 Å². The van der Waals surface area contributed by atoms with Crippen molar-refractivity contribution in [2.24, 2.45) is 33.9 Å². The Morgan fingerprint density at radius 2 is 1.77 bits per heavy atom. The van der Waals surface area contributed by atoms with E-state index in [1.807, 2.05) is 11.8 Å². The molecule has 2 nitrogen and oxygen atoms in total. The van der Waals surface area contributed by atoms with E-state index in [1.54, 1.807) is 0 Å². The van der Waals surface area contributed by atoms with Crippen LogP contribution in [0.5, 0.6) is 0 Å². The van der Waals surface area contributed by atoms with Crippen LogP contribution >= 0.6 is 11.8 Å². The van der Waals surface area contributed by atoms with Gasteiger partial charge in [-0.15, -0.1) is 0 Å². The van der Waals surface area contributed by atoms with Gasteiger partial charge in [-0.2, -0.15) is 22.0 Å². The maximum absolute atomic E-state index is 4.70. The molecule has 26 heavy (non-hydrogen) atoms. The van der Waals surface area contributed by atoms with Crippen LogP contribution in [0, 0.1) is 23.7 Å². The van der Waals surface area contributed by atoms with Crippen molar-refractivity contribution >= 4 is 23.2 Å². The Labute approximate surface area is 164 Å². The molecular formula is C23H34N2S. The Morgan fingerprint density at radius 1 is 1.00 bits per heavy atom. The van der Waals surface area contributed by atoms with E-state index in [-0.39, 0.29) is 0 Å². The van der Waals surface area contributed by atoms with Gasteiger partial charge in [0, 0.05) is 23.3 Å². The van der Waals surface area contributed by atoms with Crippen LogP contribution in [0.15, 0.2) is 34.5 Å². The highest BCUT2D eigenvalue weighted by Crippen LogP contribution is 2.37. The van der Waals surface area contributed by atoms with Crippen molar-refractivity contribution < 1.29 is 0 Å². The summed E-state index contributed by atoms with van der Waals surface area (Å²) in [6.45, 7) is 6.91. The first-order chi connectivity index (χ1) is 12.6. The molecule has 3 heteroatoms. The van der Waals surface area contributed by atoms with Crippen molar-refractivity contribution in [3.8, 4) is 0 Å². The molecule has 0 amide bonds. The van der Waals surface area contributed by atoms with E-state index in [9.17, 15) is 0 Å². The Kier molecular flexibility index (Phi) is 6.97. The molecule has 0 aromatic heterocycles. The van der Waals surface area contributed by atoms with E-state index >= 15 is 0 Å². The zero-order chi connectivity index (χ0) is 18.5. The predicted molar refractivity (Wildman–Crippen MR) is 116 cm³/mol. The molecule has 0 N–H and O–H groups in total. The van der Waals surface area contributed by atoms with Crippen LogP contribution in [0.25, 0.3) is 0 Å². The molecule has 2 aliphatic rings. The lowest BCUT2D eigenvalue weighted by molar-refractivity contribution is 0.285. The zero-order valence-electron chi connectivity index (χ0n) is 16.9. The third kappa shape index (κ3) is 4.79. The maximum atomic E-state index is 4.70. The summed E-state index contributed by atoms with van der Waals surface area (Å²) in [5.41, 5.74) is 5.16. The lowest BCUT2D eigenvalue weighted by atomic mass is 9.72. The number of thioether (sulfide) groups is 1. The zero-order valence-corrected chi connectivity index (χ0v) is 17.7. The van der Waals surface area contributed by atoms with Crippen molar-refractivity contribution in [3.63, 3.8) is 0 Å². The van der Waals surface area contributed by atoms with Gasteiger partial charge in [0.05, 0.1) is 5.71 Å². The Balaban J connectivity index is 1.80. The SMILES string of the molecule is CSCc1ccc(C2=NN=C(C)C3CCCC(CC(C)C)CCC23)cc1. The van der Waals surface area contributed by atoms with Gasteiger partial charge >= 0.3 is 0 Å². The third-order valence-corrected chi connectivity index (χ3v) is 6.69. The van der Waals surface area contributed by atoms with Gasteiger partial charge in [0.15, 0.2) is 0 Å². The number of nitrogens with zero attached hydrogens (tertiary/aromatic N) is 2. The molecule has 3 atom stereocenters. The van der Waals surface area contributed by atoms with Gasteiger partial charge in [-0.05, 0) is 61.8 Å². The minimum atomic E-state index is 0.550. The average Bonchev–Trinajstić information content (AvgIpc) is 2.59. The van der Waals surface area contributed by atoms with Gasteiger partial charge in [-0.1, -0.05) is 51.0 Å². The van der Waals surface area contributed by atoms with E-state index in [1.165, 1.54) is 61.1 Å². The standard InChI is InChI=1S/C23H34N2S/c1-16(2)14-18-6-5-7-21-17(3)24-25-23(22(21)13-10-18)20-11-8-19(9-12-20)15-26-4/h8-9,11-12,16,18,21-22H,5-7,10,13-15H2,1-4H3. The van der Waals surface area contributed by atoms with Crippen LogP contribution in [-0.2, 0) is 5.75 Å². The quantitative estimate of drug-likeness (QED) is 0.574. The maximum Gasteiger partial charge on any atom is 0.0740 e. The average molecular weight is 371 g/mol. The number of rotatable bonds is 5. The van der Waals surface area contributed by atoms with Gasteiger partial charge in [0.25, 0.3) is 0 Å². The molecule has 142 valence electrons. The second-order valence-electron chi connectivity index (χ2n) is 8.57. The van der Waals surface area contributed by atoms with Gasteiger partial charge in [-0.3, -0.25) is 0 Å². The van der Waals surface area contributed by atoms with Crippen LogP contribution < -0.4 is 0 Å². The first-order valence-electron chi connectivity index (χ1n) is 10.3. The van der Waals surface area contributed by atoms with Crippen molar-refractivity contribution in [1.82, 2.24) is 0 Å². The van der Waals surface area contributed by atoms with Crippen molar-refractivity contribution in [1.29, 1.82) is 0 Å². The van der Waals surface area contributed by atoms with Crippen molar-refractivity contribution in [3.05, 3.63) is 35.4 Å². The van der Waals surface area contributed by atoms with Crippen molar-refractivity contribution in [2.45, 2.75) is 65.0 Å². The van der Waals surface area contributed by atoms with Crippen LogP contribution in [0.2, 0.25) is 0 Å². The molecule has 1 aromatic carbocycles. The molecule has 1 heterocycles. The lowest BCUT2D eigenvalue weighted by Crippen LogP contribution is -2.34. The Bertz CT molecular complexity index is 645. The summed E-state index contributed by atoms with van der Waals surface area (Å²) < 4.78 is 0. The minimum absolute atomic E-state index is 0.550. The topological polar surface area (TPSA) is 24.7 Å². The largest absolute Gasteiger partial charge is 0.161 e. The first kappa shape index (κ1) is 19.7. The second-order valence-corrected chi connectivity index (χ2v) is 9.44. The molecule has 1 aliphatic heterocycles. The van der Waals surface area contributed by atoms with E-state index in [2.05, 4.69) is 56.4 Å². The number of fused-ring (bicyclic) bond motifs is 1. The normalized spacial score (nSPS) is 26.6. The van der Waals surface area contributed by atoms with Crippen LogP contribution in [0.1, 0.15) is 70.4 Å². The van der Waals surface area contributed by atoms with E-state index < -0.39 is 0 Å². The number of benzene rings is 1. The molecule has 0 radical (unpaired) electrons. The molecule has 3 unspecified atom stereocenters. The summed E-state index contributed by atoms with van der Waals surface area (Å²) in [6.07, 6.45) is 10.1. The lowest BCUT2D eigenvalue weighted by Gasteiger charge is -2.34. The van der Waals surface area contributed by atoms with Gasteiger partial charge in [0.1, 0.15) is 0 Å². The molecule has 1 fully saturated rings. The van der Waals surface area contributed by atoms with E-state index in [4.69, 9.17) is 5.10 Å². The summed E-state index contributed by atoms with van der Waals surface area (Å²) in [5, 5.41) is 9.27. The van der Waals surface area contributed by atoms with E-state index in [0.717, 1.165) is 17.6 Å². The monoisotopic (exact) mass is 370 g/mol. The van der Waals surface area contributed by atoms with Crippen molar-refractivity contribution in [2.75, 3.05) is 6.26 Å². The van der Waals surface area contributed by atoms with Crippen LogP contribution in [0.3, 0.4) is 0 Å². The second kappa shape index (κ2) is 9.21. The fourth-order valence-electron chi connectivity index (χ4n) is 4.81. The summed E-state index contributed by atoms with van der Waals surface area (Å²) >= 11 is 1.87. The van der Waals surface area contributed by atoms with E-state index in [0.29, 0.717) is 11.8 Å². The Morgan fingerprint density at radius 3 is 2.46 bits per heavy atom. The highest BCUT2D eigenvalue weighted by atomic mass is 32.2. The molecule has 0 spiro atoms. The van der Waals surface area contributed by atoms with Gasteiger partial charge in [-0.25, -0.2) is 0 Å². The highest BCUT2D eigenvalue weighted by molar-refractivity contribution is 7.97. The van der Waals surface area contributed by atoms with Crippen LogP contribution in [0.4, 0.5) is 0 Å². The summed E-state index contributed by atoms with van der Waals surface area (Å²) in [4.78, 5) is 0. The molecule has 0 bridgehead atoms. The fourth-order valence-corrected chi connectivity index (χ4v) is 5.34. The molecule has 0 saturated heterocycles. The number of hydrogen-bond donors (Lipinski definition) is 0. The molecular weight excluding hydrogens is 336 g/mol. The smallest absolute Gasteiger partial charge is 0.0740 e. The third-order valence-electron chi connectivity index (χ3n) is 6.07. The fraction of sp³-hybridized carbons (Fsp3) is 0.652. The minimum Gasteiger partial charge on any atom is -0.161 e. The predicted octanol–water partition coefficient (Wildman–Crippen LogP) is 6.59. The summed E-state index contributed by atoms with van der Waals surface area (Å²) in [6, 6.07) is 9.06. The molecule has 1 aliphatic carbocycles. The molecule has 3 rings (SSSR count). The first-order valence-corrected chi connectivity index (χ1v) is 11.7. The molecule has 1 saturated carbocycles.